The first-order valence-electron chi connectivity index (χ1n) is 7.65. The van der Waals surface area contributed by atoms with Gasteiger partial charge >= 0.3 is 89.9 Å². The van der Waals surface area contributed by atoms with Crippen LogP contribution < -0.4 is 5.73 Å². The largest absolute Gasteiger partial charge is 0.326 e. The Kier molecular flexibility index (Phi) is 6.66. The Morgan fingerprint density at radius 3 is 2.24 bits per heavy atom. The van der Waals surface area contributed by atoms with Gasteiger partial charge < -0.3 is 5.73 Å². The molecule has 3 nitrogen and oxygen atoms in total. The van der Waals surface area contributed by atoms with E-state index in [2.05, 4.69) is 47.9 Å². The normalized spacial score (nSPS) is 15.4. The molecule has 21 heavy (non-hydrogen) atoms. The summed E-state index contributed by atoms with van der Waals surface area (Å²) in [5.41, 5.74) is 6.54. The van der Waals surface area contributed by atoms with Gasteiger partial charge in [-0.05, 0) is 5.56 Å². The van der Waals surface area contributed by atoms with E-state index in [1.807, 2.05) is 30.3 Å². The standard InChI is InChI=1S/C10H16N2.C7H9N.Pt/c1-11-7-8-12(9-11)10-5-3-2-4-6-10;8-6-7-4-2-1-3-5-7;/h7-8,10H,2-6H2,1H3;1-5H,6,8H2;. The van der Waals surface area contributed by atoms with Crippen LogP contribution in [-0.2, 0) is 32.9 Å². The van der Waals surface area contributed by atoms with Crippen LogP contribution in [0.3, 0.4) is 0 Å². The molecule has 118 valence electrons. The van der Waals surface area contributed by atoms with Crippen molar-refractivity contribution in [2.75, 3.05) is 0 Å². The number of hydrogen-bond acceptors (Lipinski definition) is 1. The predicted molar refractivity (Wildman–Crippen MR) is 83.1 cm³/mol. The maximum absolute atomic E-state index is 5.35. The second-order valence-electron chi connectivity index (χ2n) is 5.54. The van der Waals surface area contributed by atoms with Gasteiger partial charge in [-0.2, -0.15) is 0 Å². The first-order chi connectivity index (χ1) is 10.2. The van der Waals surface area contributed by atoms with Crippen LogP contribution in [0.15, 0.2) is 42.7 Å². The summed E-state index contributed by atoms with van der Waals surface area (Å²) in [6, 6.07) is 10.8. The SMILES string of the molecule is Cn1ccn(C2CCCCC2)[c]1=[Pt].NCc1ccccc1. The molecule has 0 aliphatic heterocycles. The number of aryl methyl sites for hydroxylation is 1. The van der Waals surface area contributed by atoms with Crippen LogP contribution in [-0.4, -0.2) is 9.13 Å². The van der Waals surface area contributed by atoms with E-state index in [4.69, 9.17) is 5.73 Å². The molecule has 1 saturated carbocycles. The molecule has 0 spiro atoms. The summed E-state index contributed by atoms with van der Waals surface area (Å²) in [5.74, 6) is 0. The smallest absolute Gasteiger partial charge is 0.0178 e. The predicted octanol–water partition coefficient (Wildman–Crippen LogP) is 3.56. The quantitative estimate of drug-likeness (QED) is 0.722. The summed E-state index contributed by atoms with van der Waals surface area (Å²) in [5, 5.41) is 0. The van der Waals surface area contributed by atoms with E-state index in [1.54, 1.807) is 0 Å². The minimum absolute atomic E-state index is 0.640. The number of benzene rings is 1. The van der Waals surface area contributed by atoms with Crippen LogP contribution >= 0.6 is 0 Å². The third-order valence-electron chi connectivity index (χ3n) is 3.96. The zero-order valence-corrected chi connectivity index (χ0v) is 14.9. The minimum atomic E-state index is 0.640. The van der Waals surface area contributed by atoms with Gasteiger partial charge in [0.1, 0.15) is 0 Å². The average molecular weight is 466 g/mol. The molecule has 0 amide bonds. The molecule has 0 unspecified atom stereocenters. The zero-order chi connectivity index (χ0) is 15.1. The van der Waals surface area contributed by atoms with Crippen LogP contribution in [0.2, 0.25) is 0 Å². The summed E-state index contributed by atoms with van der Waals surface area (Å²) in [7, 11) is 2.11. The number of rotatable bonds is 2. The van der Waals surface area contributed by atoms with E-state index in [9.17, 15) is 0 Å². The summed E-state index contributed by atoms with van der Waals surface area (Å²) in [4.78, 5) is 0. The molecule has 0 saturated heterocycles. The number of aromatic nitrogens is 2. The van der Waals surface area contributed by atoms with Crippen molar-refractivity contribution in [2.24, 2.45) is 12.8 Å². The Bertz CT molecular complexity index is 580. The zero-order valence-electron chi connectivity index (χ0n) is 12.6. The molecule has 2 aromatic rings. The molecule has 0 radical (unpaired) electrons. The van der Waals surface area contributed by atoms with E-state index < -0.39 is 0 Å². The fourth-order valence-corrected chi connectivity index (χ4v) is 3.46. The van der Waals surface area contributed by atoms with Gasteiger partial charge in [0.2, 0.25) is 0 Å². The van der Waals surface area contributed by atoms with Gasteiger partial charge in [0.25, 0.3) is 0 Å². The molecule has 3 rings (SSSR count). The molecular formula is C17H25N3Pt. The molecule has 0 bridgehead atoms. The van der Waals surface area contributed by atoms with Crippen molar-refractivity contribution in [1.29, 1.82) is 0 Å². The van der Waals surface area contributed by atoms with E-state index in [1.165, 1.54) is 41.5 Å². The van der Waals surface area contributed by atoms with Gasteiger partial charge in [-0.25, -0.2) is 0 Å². The van der Waals surface area contributed by atoms with E-state index >= 15 is 0 Å². The first-order valence-corrected chi connectivity index (χ1v) is 8.79. The van der Waals surface area contributed by atoms with Crippen LogP contribution in [0.1, 0.15) is 43.7 Å². The molecule has 1 aliphatic rings. The topological polar surface area (TPSA) is 35.9 Å². The third kappa shape index (κ3) is 4.79. The second-order valence-corrected chi connectivity index (χ2v) is 6.56. The van der Waals surface area contributed by atoms with Crippen molar-refractivity contribution in [2.45, 2.75) is 44.7 Å². The number of nitrogens with two attached hydrogens (primary N) is 1. The van der Waals surface area contributed by atoms with Crippen LogP contribution in [0, 0.1) is 3.80 Å². The van der Waals surface area contributed by atoms with Gasteiger partial charge in [-0.15, -0.1) is 0 Å². The summed E-state index contributed by atoms with van der Waals surface area (Å²) < 4.78 is 5.98. The molecule has 1 heterocycles. The molecule has 1 aliphatic carbocycles. The Hall–Kier alpha value is -0.922. The average Bonchev–Trinajstić information content (AvgIpc) is 2.89. The van der Waals surface area contributed by atoms with Gasteiger partial charge in [-0.1, -0.05) is 30.3 Å². The van der Waals surface area contributed by atoms with Crippen molar-refractivity contribution >= 4 is 0 Å². The van der Waals surface area contributed by atoms with Crippen LogP contribution in [0.5, 0.6) is 0 Å². The summed E-state index contributed by atoms with van der Waals surface area (Å²) >= 11 is 2.41. The maximum Gasteiger partial charge on any atom is 0.0178 e. The molecule has 0 atom stereocenters. The van der Waals surface area contributed by atoms with Crippen molar-refractivity contribution in [3.63, 3.8) is 0 Å². The Labute approximate surface area is 138 Å². The molecule has 1 aromatic carbocycles. The van der Waals surface area contributed by atoms with E-state index in [0.29, 0.717) is 6.54 Å². The Morgan fingerprint density at radius 1 is 1.10 bits per heavy atom. The summed E-state index contributed by atoms with van der Waals surface area (Å²) in [6.07, 6.45) is 11.3. The van der Waals surface area contributed by atoms with Crippen LogP contribution in [0.4, 0.5) is 0 Å². The van der Waals surface area contributed by atoms with Crippen molar-refractivity contribution in [3.8, 4) is 0 Å². The maximum atomic E-state index is 5.35. The van der Waals surface area contributed by atoms with E-state index in [-0.39, 0.29) is 0 Å². The fourth-order valence-electron chi connectivity index (χ4n) is 2.70. The molecule has 1 aromatic heterocycles. The van der Waals surface area contributed by atoms with Gasteiger partial charge in [0.15, 0.2) is 0 Å². The molecule has 4 heteroatoms. The monoisotopic (exact) mass is 466 g/mol. The number of imidazole rings is 1. The fraction of sp³-hybridized carbons (Fsp3) is 0.471. The van der Waals surface area contributed by atoms with Gasteiger partial charge in [-0.3, -0.25) is 0 Å². The van der Waals surface area contributed by atoms with Crippen molar-refractivity contribution < 1.29 is 19.4 Å². The number of nitrogens with zero attached hydrogens (tertiary/aromatic N) is 2. The Balaban J connectivity index is 0.000000173. The minimum Gasteiger partial charge on any atom is -0.326 e. The molecule has 2 N–H and O–H groups in total. The second kappa shape index (κ2) is 8.50. The van der Waals surface area contributed by atoms with Gasteiger partial charge in [0, 0.05) is 6.54 Å². The van der Waals surface area contributed by atoms with Crippen molar-refractivity contribution in [1.82, 2.24) is 9.13 Å². The van der Waals surface area contributed by atoms with Crippen molar-refractivity contribution in [3.05, 3.63) is 52.1 Å². The Morgan fingerprint density at radius 2 is 1.76 bits per heavy atom. The first kappa shape index (κ1) is 16.4. The molecule has 1 fully saturated rings. The molecular weight excluding hydrogens is 441 g/mol. The van der Waals surface area contributed by atoms with Gasteiger partial charge in [0.05, 0.1) is 0 Å². The summed E-state index contributed by atoms with van der Waals surface area (Å²) in [6.45, 7) is 0.640. The van der Waals surface area contributed by atoms with Crippen LogP contribution in [0.25, 0.3) is 0 Å². The van der Waals surface area contributed by atoms with E-state index in [0.717, 1.165) is 6.04 Å². The third-order valence-corrected chi connectivity index (χ3v) is 5.35. The number of hydrogen-bond donors (Lipinski definition) is 1.